The molecule has 1 aromatic carbocycles. The Morgan fingerprint density at radius 1 is 1.44 bits per heavy atom. The van der Waals surface area contributed by atoms with Crippen molar-refractivity contribution < 1.29 is 8.42 Å². The van der Waals surface area contributed by atoms with Crippen molar-refractivity contribution in [2.45, 2.75) is 37.8 Å². The minimum absolute atomic E-state index is 0.0491. The number of halogens is 1. The zero-order valence-corrected chi connectivity index (χ0v) is 12.4. The van der Waals surface area contributed by atoms with Crippen molar-refractivity contribution in [1.82, 2.24) is 4.31 Å². The van der Waals surface area contributed by atoms with Gasteiger partial charge in [-0.2, -0.15) is 4.31 Å². The Morgan fingerprint density at radius 3 is 2.56 bits per heavy atom. The zero-order valence-electron chi connectivity index (χ0n) is 10.9. The van der Waals surface area contributed by atoms with Crippen molar-refractivity contribution in [2.24, 2.45) is 5.73 Å². The molecular weight excluding hydrogens is 272 g/mol. The molecule has 102 valence electrons. The van der Waals surface area contributed by atoms with Crippen LogP contribution < -0.4 is 5.73 Å². The van der Waals surface area contributed by atoms with Crippen LogP contribution in [0.2, 0.25) is 5.02 Å². The summed E-state index contributed by atoms with van der Waals surface area (Å²) in [5.41, 5.74) is 6.17. The first-order valence-corrected chi connectivity index (χ1v) is 7.62. The van der Waals surface area contributed by atoms with Crippen LogP contribution in [0.4, 0.5) is 0 Å². The van der Waals surface area contributed by atoms with E-state index >= 15 is 0 Å². The van der Waals surface area contributed by atoms with E-state index in [4.69, 9.17) is 17.3 Å². The highest BCUT2D eigenvalue weighted by molar-refractivity contribution is 7.89. The summed E-state index contributed by atoms with van der Waals surface area (Å²) in [6, 6.07) is 4.57. The van der Waals surface area contributed by atoms with E-state index in [-0.39, 0.29) is 17.5 Å². The molecule has 0 radical (unpaired) electrons. The maximum absolute atomic E-state index is 12.4. The van der Waals surface area contributed by atoms with E-state index in [1.54, 1.807) is 13.1 Å². The number of hydrogen-bond acceptors (Lipinski definition) is 3. The van der Waals surface area contributed by atoms with Gasteiger partial charge >= 0.3 is 0 Å². The van der Waals surface area contributed by atoms with E-state index in [9.17, 15) is 8.42 Å². The molecule has 0 aromatic heterocycles. The number of hydrogen-bond donors (Lipinski definition) is 1. The standard InChI is InChI=1S/C12H19ClN2O2S/c1-4-9(2)15(3)18(16,17)11-5-6-12(13)10(7-11)8-14/h5-7,9H,4,8,14H2,1-3H3. The number of rotatable bonds is 5. The Kier molecular flexibility index (Phi) is 5.16. The predicted molar refractivity (Wildman–Crippen MR) is 74.0 cm³/mol. The molecule has 1 rings (SSSR count). The first-order chi connectivity index (χ1) is 8.34. The van der Waals surface area contributed by atoms with Gasteiger partial charge in [-0.3, -0.25) is 0 Å². The molecule has 0 spiro atoms. The fourth-order valence-corrected chi connectivity index (χ4v) is 3.21. The molecule has 18 heavy (non-hydrogen) atoms. The highest BCUT2D eigenvalue weighted by atomic mass is 35.5. The summed E-state index contributed by atoms with van der Waals surface area (Å²) in [5.74, 6) is 0. The third kappa shape index (κ3) is 3.03. The third-order valence-electron chi connectivity index (χ3n) is 3.13. The Hall–Kier alpha value is -0.620. The molecule has 0 saturated heterocycles. The highest BCUT2D eigenvalue weighted by Gasteiger charge is 2.24. The average Bonchev–Trinajstić information content (AvgIpc) is 2.37. The normalized spacial score (nSPS) is 13.9. The van der Waals surface area contributed by atoms with Gasteiger partial charge < -0.3 is 5.73 Å². The smallest absolute Gasteiger partial charge is 0.243 e. The fraction of sp³-hybridized carbons (Fsp3) is 0.500. The van der Waals surface area contributed by atoms with Crippen LogP contribution in [0, 0.1) is 0 Å². The van der Waals surface area contributed by atoms with E-state index in [0.717, 1.165) is 6.42 Å². The molecule has 1 atom stereocenters. The van der Waals surface area contributed by atoms with Crippen LogP contribution in [0.25, 0.3) is 0 Å². The molecule has 0 aliphatic rings. The maximum Gasteiger partial charge on any atom is 0.243 e. The molecule has 4 nitrogen and oxygen atoms in total. The quantitative estimate of drug-likeness (QED) is 0.904. The highest BCUT2D eigenvalue weighted by Crippen LogP contribution is 2.23. The van der Waals surface area contributed by atoms with Gasteiger partial charge in [0.15, 0.2) is 0 Å². The van der Waals surface area contributed by atoms with Crippen molar-refractivity contribution in [3.05, 3.63) is 28.8 Å². The van der Waals surface area contributed by atoms with E-state index < -0.39 is 10.0 Å². The van der Waals surface area contributed by atoms with Gasteiger partial charge in [-0.1, -0.05) is 18.5 Å². The molecule has 0 bridgehead atoms. The molecule has 0 heterocycles. The summed E-state index contributed by atoms with van der Waals surface area (Å²) in [7, 11) is -1.90. The lowest BCUT2D eigenvalue weighted by atomic mass is 10.2. The molecular formula is C12H19ClN2O2S. The van der Waals surface area contributed by atoms with E-state index in [1.165, 1.54) is 16.4 Å². The monoisotopic (exact) mass is 290 g/mol. The minimum atomic E-state index is -3.48. The molecule has 2 N–H and O–H groups in total. The minimum Gasteiger partial charge on any atom is -0.326 e. The summed E-state index contributed by atoms with van der Waals surface area (Å²) in [6.07, 6.45) is 0.757. The van der Waals surface area contributed by atoms with Crippen molar-refractivity contribution in [3.8, 4) is 0 Å². The van der Waals surface area contributed by atoms with Crippen LogP contribution in [0.15, 0.2) is 23.1 Å². The number of nitrogens with two attached hydrogens (primary N) is 1. The molecule has 1 aromatic rings. The lowest BCUT2D eigenvalue weighted by Gasteiger charge is -2.23. The van der Waals surface area contributed by atoms with Gasteiger partial charge in [-0.05, 0) is 37.1 Å². The van der Waals surface area contributed by atoms with Crippen molar-refractivity contribution in [2.75, 3.05) is 7.05 Å². The van der Waals surface area contributed by atoms with Crippen LogP contribution in [-0.2, 0) is 16.6 Å². The molecule has 6 heteroatoms. The second kappa shape index (κ2) is 6.02. The van der Waals surface area contributed by atoms with Gasteiger partial charge in [-0.15, -0.1) is 0 Å². The first-order valence-electron chi connectivity index (χ1n) is 5.81. The van der Waals surface area contributed by atoms with Crippen LogP contribution >= 0.6 is 11.6 Å². The lowest BCUT2D eigenvalue weighted by Crippen LogP contribution is -2.34. The Morgan fingerprint density at radius 2 is 2.06 bits per heavy atom. The van der Waals surface area contributed by atoms with Crippen LogP contribution in [0.5, 0.6) is 0 Å². The molecule has 0 saturated carbocycles. The summed E-state index contributed by atoms with van der Waals surface area (Å²) in [6.45, 7) is 4.04. The summed E-state index contributed by atoms with van der Waals surface area (Å²) in [4.78, 5) is 0.232. The lowest BCUT2D eigenvalue weighted by molar-refractivity contribution is 0.380. The van der Waals surface area contributed by atoms with E-state index in [2.05, 4.69) is 0 Å². The topological polar surface area (TPSA) is 63.4 Å². The van der Waals surface area contributed by atoms with Crippen LogP contribution in [-0.4, -0.2) is 25.8 Å². The van der Waals surface area contributed by atoms with E-state index in [0.29, 0.717) is 10.6 Å². The number of nitrogens with zero attached hydrogens (tertiary/aromatic N) is 1. The Bertz CT molecular complexity index is 517. The molecule has 0 fully saturated rings. The number of benzene rings is 1. The third-order valence-corrected chi connectivity index (χ3v) is 5.46. The summed E-state index contributed by atoms with van der Waals surface area (Å²) >= 11 is 5.93. The van der Waals surface area contributed by atoms with Gasteiger partial charge in [0, 0.05) is 24.7 Å². The largest absolute Gasteiger partial charge is 0.326 e. The number of sulfonamides is 1. The van der Waals surface area contributed by atoms with Gasteiger partial charge in [0.25, 0.3) is 0 Å². The van der Waals surface area contributed by atoms with Crippen molar-refractivity contribution >= 4 is 21.6 Å². The first kappa shape index (κ1) is 15.4. The van der Waals surface area contributed by atoms with Crippen molar-refractivity contribution in [1.29, 1.82) is 0 Å². The summed E-state index contributed by atoms with van der Waals surface area (Å²) in [5, 5.41) is 0.489. The van der Waals surface area contributed by atoms with Crippen molar-refractivity contribution in [3.63, 3.8) is 0 Å². The maximum atomic E-state index is 12.4. The molecule has 0 aliphatic heterocycles. The predicted octanol–water partition coefficient (Wildman–Crippen LogP) is 2.22. The molecule has 0 aliphatic carbocycles. The SMILES string of the molecule is CCC(C)N(C)S(=O)(=O)c1ccc(Cl)c(CN)c1. The second-order valence-electron chi connectivity index (χ2n) is 4.24. The zero-order chi connectivity index (χ0) is 13.9. The fourth-order valence-electron chi connectivity index (χ4n) is 1.53. The van der Waals surface area contributed by atoms with Gasteiger partial charge in [0.1, 0.15) is 0 Å². The molecule has 0 amide bonds. The van der Waals surface area contributed by atoms with Gasteiger partial charge in [0.2, 0.25) is 10.0 Å². The van der Waals surface area contributed by atoms with Crippen LogP contribution in [0.3, 0.4) is 0 Å². The van der Waals surface area contributed by atoms with Crippen LogP contribution in [0.1, 0.15) is 25.8 Å². The Balaban J connectivity index is 3.20. The van der Waals surface area contributed by atoms with Gasteiger partial charge in [-0.25, -0.2) is 8.42 Å². The average molecular weight is 291 g/mol. The van der Waals surface area contributed by atoms with E-state index in [1.807, 2.05) is 13.8 Å². The summed E-state index contributed by atoms with van der Waals surface area (Å²) < 4.78 is 26.1. The molecule has 1 unspecified atom stereocenters. The second-order valence-corrected chi connectivity index (χ2v) is 6.64. The van der Waals surface area contributed by atoms with Gasteiger partial charge in [0.05, 0.1) is 4.90 Å². The Labute approximate surface area is 114 Å².